The lowest BCUT2D eigenvalue weighted by molar-refractivity contribution is -0.113. The number of nitrogens with one attached hydrogen (secondary N) is 1. The van der Waals surface area contributed by atoms with Crippen molar-refractivity contribution in [2.75, 3.05) is 11.1 Å². The summed E-state index contributed by atoms with van der Waals surface area (Å²) in [7, 11) is 0. The zero-order valence-electron chi connectivity index (χ0n) is 16.1. The summed E-state index contributed by atoms with van der Waals surface area (Å²) in [5, 5.41) is 12.8. The van der Waals surface area contributed by atoms with E-state index >= 15 is 0 Å². The smallest absolute Gasteiger partial charge is 0.234 e. The van der Waals surface area contributed by atoms with Crippen LogP contribution in [0.4, 0.5) is 5.69 Å². The highest BCUT2D eigenvalue weighted by Crippen LogP contribution is 2.26. The molecule has 3 aromatic rings. The van der Waals surface area contributed by atoms with Gasteiger partial charge in [0.1, 0.15) is 0 Å². The van der Waals surface area contributed by atoms with Crippen molar-refractivity contribution in [1.29, 1.82) is 0 Å². The van der Waals surface area contributed by atoms with E-state index in [4.69, 9.17) is 11.6 Å². The first-order valence-electron chi connectivity index (χ1n) is 9.19. The molecular weight excluding hydrogens is 392 g/mol. The van der Waals surface area contributed by atoms with Crippen molar-refractivity contribution >= 4 is 35.0 Å². The number of benzene rings is 2. The van der Waals surface area contributed by atoms with Gasteiger partial charge in [-0.3, -0.25) is 4.79 Å². The van der Waals surface area contributed by atoms with Crippen LogP contribution in [0, 0.1) is 0 Å². The van der Waals surface area contributed by atoms with Crippen molar-refractivity contribution in [1.82, 2.24) is 14.8 Å². The van der Waals surface area contributed by atoms with E-state index in [9.17, 15) is 4.79 Å². The van der Waals surface area contributed by atoms with Crippen LogP contribution in [-0.4, -0.2) is 26.4 Å². The molecule has 7 heteroatoms. The first-order valence-corrected chi connectivity index (χ1v) is 10.6. The molecule has 5 nitrogen and oxygen atoms in total. The second-order valence-corrected chi connectivity index (χ2v) is 8.05. The molecule has 0 aliphatic heterocycles. The summed E-state index contributed by atoms with van der Waals surface area (Å²) >= 11 is 7.46. The average Bonchev–Trinajstić information content (AvgIpc) is 3.09. The highest BCUT2D eigenvalue weighted by Gasteiger charge is 2.15. The van der Waals surface area contributed by atoms with Crippen molar-refractivity contribution < 1.29 is 4.79 Å². The van der Waals surface area contributed by atoms with Crippen LogP contribution in [0.3, 0.4) is 0 Å². The summed E-state index contributed by atoms with van der Waals surface area (Å²) in [5.74, 6) is 1.41. The van der Waals surface area contributed by atoms with Gasteiger partial charge in [-0.2, -0.15) is 0 Å². The number of hydrogen-bond acceptors (Lipinski definition) is 4. The normalized spacial score (nSPS) is 11.0. The van der Waals surface area contributed by atoms with Crippen LogP contribution in [0.25, 0.3) is 11.4 Å². The maximum absolute atomic E-state index is 12.3. The quantitative estimate of drug-likeness (QED) is 0.520. The predicted octanol–water partition coefficient (Wildman–Crippen LogP) is 5.47. The Morgan fingerprint density at radius 2 is 1.93 bits per heavy atom. The molecule has 1 amide bonds. The van der Waals surface area contributed by atoms with Crippen LogP contribution < -0.4 is 5.32 Å². The summed E-state index contributed by atoms with van der Waals surface area (Å²) in [5.41, 5.74) is 2.95. The third-order valence-electron chi connectivity index (χ3n) is 4.31. The van der Waals surface area contributed by atoms with E-state index in [-0.39, 0.29) is 11.7 Å². The number of thioether (sulfide) groups is 1. The molecule has 3 rings (SSSR count). The molecular formula is C21H23ClN4OS. The number of carbonyl (C=O) groups is 1. The Hall–Kier alpha value is -2.31. The van der Waals surface area contributed by atoms with Gasteiger partial charge in [-0.25, -0.2) is 0 Å². The lowest BCUT2D eigenvalue weighted by atomic mass is 10.0. The molecule has 28 heavy (non-hydrogen) atoms. The summed E-state index contributed by atoms with van der Waals surface area (Å²) < 4.78 is 1.99. The molecule has 2 aromatic carbocycles. The van der Waals surface area contributed by atoms with Gasteiger partial charge >= 0.3 is 0 Å². The molecule has 0 aliphatic carbocycles. The molecule has 146 valence electrons. The SMILES string of the molecule is CCn1c(SCC(=O)Nc2ccc(C(C)C)cc2)nnc1-c1cccc(Cl)c1. The van der Waals surface area contributed by atoms with Crippen molar-refractivity contribution in [3.63, 3.8) is 0 Å². The molecule has 0 saturated carbocycles. The van der Waals surface area contributed by atoms with Crippen molar-refractivity contribution in [2.24, 2.45) is 0 Å². The highest BCUT2D eigenvalue weighted by atomic mass is 35.5. The van der Waals surface area contributed by atoms with Crippen LogP contribution in [-0.2, 0) is 11.3 Å². The average molecular weight is 415 g/mol. The lowest BCUT2D eigenvalue weighted by Crippen LogP contribution is -2.14. The Balaban J connectivity index is 1.65. The monoisotopic (exact) mass is 414 g/mol. The van der Waals surface area contributed by atoms with Crippen LogP contribution >= 0.6 is 23.4 Å². The third kappa shape index (κ3) is 4.94. The van der Waals surface area contributed by atoms with Gasteiger partial charge in [-0.05, 0) is 42.7 Å². The van der Waals surface area contributed by atoms with E-state index in [1.165, 1.54) is 17.3 Å². The van der Waals surface area contributed by atoms with Gasteiger partial charge < -0.3 is 9.88 Å². The second kappa shape index (κ2) is 9.26. The molecule has 0 saturated heterocycles. The van der Waals surface area contributed by atoms with E-state index in [1.54, 1.807) is 0 Å². The topological polar surface area (TPSA) is 59.8 Å². The highest BCUT2D eigenvalue weighted by molar-refractivity contribution is 7.99. The van der Waals surface area contributed by atoms with E-state index in [0.29, 0.717) is 22.6 Å². The molecule has 1 aromatic heterocycles. The summed E-state index contributed by atoms with van der Waals surface area (Å²) in [6.07, 6.45) is 0. The first kappa shape index (κ1) is 20.4. The number of hydrogen-bond donors (Lipinski definition) is 1. The van der Waals surface area contributed by atoms with Crippen molar-refractivity contribution in [3.8, 4) is 11.4 Å². The van der Waals surface area contributed by atoms with Gasteiger partial charge in [0.25, 0.3) is 0 Å². The van der Waals surface area contributed by atoms with Gasteiger partial charge in [-0.1, -0.05) is 61.5 Å². The van der Waals surface area contributed by atoms with Gasteiger partial charge in [0.15, 0.2) is 11.0 Å². The van der Waals surface area contributed by atoms with Crippen LogP contribution in [0.1, 0.15) is 32.3 Å². The lowest BCUT2D eigenvalue weighted by Gasteiger charge is -2.09. The van der Waals surface area contributed by atoms with E-state index in [1.807, 2.05) is 60.0 Å². The van der Waals surface area contributed by atoms with Crippen molar-refractivity contribution in [3.05, 3.63) is 59.1 Å². The fraction of sp³-hybridized carbons (Fsp3) is 0.286. The first-order chi connectivity index (χ1) is 13.5. The number of aromatic nitrogens is 3. The molecule has 0 bridgehead atoms. The Morgan fingerprint density at radius 1 is 1.18 bits per heavy atom. The third-order valence-corrected chi connectivity index (χ3v) is 5.51. The molecule has 1 N–H and O–H groups in total. The fourth-order valence-corrected chi connectivity index (χ4v) is 3.79. The van der Waals surface area contributed by atoms with Gasteiger partial charge in [0.2, 0.25) is 5.91 Å². The molecule has 0 aliphatic rings. The van der Waals surface area contributed by atoms with Crippen LogP contribution in [0.2, 0.25) is 5.02 Å². The minimum atomic E-state index is -0.0720. The summed E-state index contributed by atoms with van der Waals surface area (Å²) in [6, 6.07) is 15.5. The largest absolute Gasteiger partial charge is 0.325 e. The standard InChI is InChI=1S/C21H23ClN4OS/c1-4-26-20(16-6-5-7-17(22)12-16)24-25-21(26)28-13-19(27)23-18-10-8-15(9-11-18)14(2)3/h5-12,14H,4,13H2,1-3H3,(H,23,27). The molecule has 0 radical (unpaired) electrons. The summed E-state index contributed by atoms with van der Waals surface area (Å²) in [6.45, 7) is 7.02. The minimum Gasteiger partial charge on any atom is -0.325 e. The zero-order valence-corrected chi connectivity index (χ0v) is 17.7. The van der Waals surface area contributed by atoms with E-state index < -0.39 is 0 Å². The summed E-state index contributed by atoms with van der Waals surface area (Å²) in [4.78, 5) is 12.3. The van der Waals surface area contributed by atoms with Crippen LogP contribution in [0.15, 0.2) is 53.7 Å². The molecule has 1 heterocycles. The molecule has 0 fully saturated rings. The Kier molecular flexibility index (Phi) is 6.75. The second-order valence-electron chi connectivity index (χ2n) is 6.67. The Morgan fingerprint density at radius 3 is 2.57 bits per heavy atom. The van der Waals surface area contributed by atoms with Gasteiger partial charge in [-0.15, -0.1) is 10.2 Å². The number of halogens is 1. The number of carbonyl (C=O) groups excluding carboxylic acids is 1. The van der Waals surface area contributed by atoms with E-state index in [2.05, 4.69) is 29.4 Å². The molecule has 0 atom stereocenters. The van der Waals surface area contributed by atoms with Gasteiger partial charge in [0.05, 0.1) is 5.75 Å². The Labute approximate surface area is 174 Å². The molecule has 0 unspecified atom stereocenters. The minimum absolute atomic E-state index is 0.0720. The number of nitrogens with zero attached hydrogens (tertiary/aromatic N) is 3. The number of anilines is 1. The van der Waals surface area contributed by atoms with E-state index in [0.717, 1.165) is 17.1 Å². The van der Waals surface area contributed by atoms with Gasteiger partial charge in [0, 0.05) is 22.8 Å². The zero-order chi connectivity index (χ0) is 20.1. The predicted molar refractivity (Wildman–Crippen MR) is 116 cm³/mol. The number of rotatable bonds is 7. The Bertz CT molecular complexity index is 953. The number of amides is 1. The van der Waals surface area contributed by atoms with Crippen molar-refractivity contribution in [2.45, 2.75) is 38.4 Å². The maximum Gasteiger partial charge on any atom is 0.234 e. The van der Waals surface area contributed by atoms with Crippen LogP contribution in [0.5, 0.6) is 0 Å². The molecule has 0 spiro atoms. The fourth-order valence-electron chi connectivity index (χ4n) is 2.80. The maximum atomic E-state index is 12.3.